The second-order valence-electron chi connectivity index (χ2n) is 7.29. The second-order valence-corrected chi connectivity index (χ2v) is 7.29. The maximum atomic E-state index is 13.1. The van der Waals surface area contributed by atoms with Crippen molar-refractivity contribution < 1.29 is 19.1 Å². The molecule has 1 saturated carbocycles. The molecule has 0 radical (unpaired) electrons. The predicted molar refractivity (Wildman–Crippen MR) is 82.8 cm³/mol. The maximum absolute atomic E-state index is 13.1. The van der Waals surface area contributed by atoms with E-state index < -0.39 is 11.5 Å². The molecule has 3 fully saturated rings. The number of carbonyl (C=O) groups excluding carboxylic acids is 2. The van der Waals surface area contributed by atoms with E-state index in [1.165, 1.54) is 4.90 Å². The lowest BCUT2D eigenvalue weighted by molar-refractivity contribution is -0.141. The van der Waals surface area contributed by atoms with Crippen LogP contribution in [0.15, 0.2) is 30.3 Å². The van der Waals surface area contributed by atoms with Gasteiger partial charge in [0.25, 0.3) is 0 Å². The monoisotopic (exact) mass is 315 g/mol. The summed E-state index contributed by atoms with van der Waals surface area (Å²) in [7, 11) is 0. The third kappa shape index (κ3) is 2.34. The Bertz CT molecular complexity index is 634. The van der Waals surface area contributed by atoms with Gasteiger partial charge >= 0.3 is 6.09 Å². The van der Waals surface area contributed by atoms with Crippen molar-refractivity contribution in [2.24, 2.45) is 5.41 Å². The van der Waals surface area contributed by atoms with E-state index in [9.17, 15) is 9.59 Å². The van der Waals surface area contributed by atoms with Crippen LogP contribution < -0.4 is 0 Å². The molecule has 3 atom stereocenters. The summed E-state index contributed by atoms with van der Waals surface area (Å²) < 4.78 is 11.0. The van der Waals surface area contributed by atoms with Crippen LogP contribution in [0.1, 0.15) is 31.7 Å². The highest BCUT2D eigenvalue weighted by Crippen LogP contribution is 2.54. The first kappa shape index (κ1) is 14.7. The van der Waals surface area contributed by atoms with Crippen LogP contribution in [-0.4, -0.2) is 41.8 Å². The molecule has 1 aliphatic carbocycles. The minimum atomic E-state index is -0.535. The zero-order valence-electron chi connectivity index (χ0n) is 13.3. The number of nitrogens with zero attached hydrogens (tertiary/aromatic N) is 1. The molecule has 2 aliphatic heterocycles. The van der Waals surface area contributed by atoms with E-state index in [-0.39, 0.29) is 24.2 Å². The van der Waals surface area contributed by atoms with E-state index in [4.69, 9.17) is 9.47 Å². The quantitative estimate of drug-likeness (QED) is 0.860. The van der Waals surface area contributed by atoms with Gasteiger partial charge in [-0.05, 0) is 38.2 Å². The zero-order chi connectivity index (χ0) is 16.1. The fourth-order valence-corrected chi connectivity index (χ4v) is 4.20. The highest BCUT2D eigenvalue weighted by atomic mass is 16.6. The molecule has 0 spiro atoms. The zero-order valence-corrected chi connectivity index (χ0v) is 13.3. The number of amides is 2. The standard InChI is InChI=1S/C18H21NO4/c1-17-7-8-18(11-17,12-23-17)15(20)19-14(10-22-16(19)21)9-13-5-3-2-4-6-13/h2-6,14H,7-12H2,1H3/t14-,17+,18+/m0/s1. The number of rotatable bonds is 3. The summed E-state index contributed by atoms with van der Waals surface area (Å²) in [5, 5.41) is 0. The van der Waals surface area contributed by atoms with Crippen LogP contribution in [0.25, 0.3) is 0 Å². The molecular weight excluding hydrogens is 294 g/mol. The molecule has 3 aliphatic rings. The van der Waals surface area contributed by atoms with Gasteiger partial charge in [-0.15, -0.1) is 0 Å². The number of cyclic esters (lactones) is 1. The molecule has 122 valence electrons. The minimum Gasteiger partial charge on any atom is -0.447 e. The third-order valence-corrected chi connectivity index (χ3v) is 5.49. The molecule has 2 saturated heterocycles. The van der Waals surface area contributed by atoms with Crippen LogP contribution in [0.2, 0.25) is 0 Å². The van der Waals surface area contributed by atoms with E-state index in [0.717, 1.165) is 18.4 Å². The number of carbonyl (C=O) groups is 2. The number of benzene rings is 1. The first-order valence-corrected chi connectivity index (χ1v) is 8.20. The molecule has 2 amide bonds. The van der Waals surface area contributed by atoms with E-state index in [0.29, 0.717) is 19.4 Å². The van der Waals surface area contributed by atoms with Crippen LogP contribution in [0.4, 0.5) is 4.79 Å². The van der Waals surface area contributed by atoms with Gasteiger partial charge in [-0.25, -0.2) is 9.69 Å². The maximum Gasteiger partial charge on any atom is 0.417 e. The van der Waals surface area contributed by atoms with Crippen molar-refractivity contribution >= 4 is 12.0 Å². The number of imide groups is 1. The molecule has 0 aromatic heterocycles. The summed E-state index contributed by atoms with van der Waals surface area (Å²) in [6.07, 6.45) is 2.51. The largest absolute Gasteiger partial charge is 0.447 e. The SMILES string of the molecule is C[C@]12CC[C@](C(=O)N3C(=O)OC[C@@H]3Cc3ccccc3)(CO1)C2. The number of fused-ring (bicyclic) bond motifs is 2. The van der Waals surface area contributed by atoms with Gasteiger partial charge in [-0.3, -0.25) is 4.79 Å². The number of hydrogen-bond donors (Lipinski definition) is 0. The molecular formula is C18H21NO4. The van der Waals surface area contributed by atoms with Crippen LogP contribution in [-0.2, 0) is 20.7 Å². The molecule has 2 heterocycles. The molecule has 5 nitrogen and oxygen atoms in total. The average molecular weight is 315 g/mol. The van der Waals surface area contributed by atoms with Gasteiger partial charge in [0.1, 0.15) is 6.61 Å². The number of ether oxygens (including phenoxy) is 2. The number of hydrogen-bond acceptors (Lipinski definition) is 4. The van der Waals surface area contributed by atoms with Gasteiger partial charge in [0.05, 0.1) is 23.7 Å². The van der Waals surface area contributed by atoms with Gasteiger partial charge < -0.3 is 9.47 Å². The fourth-order valence-electron chi connectivity index (χ4n) is 4.20. The Morgan fingerprint density at radius 2 is 2.09 bits per heavy atom. The topological polar surface area (TPSA) is 55.8 Å². The van der Waals surface area contributed by atoms with E-state index >= 15 is 0 Å². The summed E-state index contributed by atoms with van der Waals surface area (Å²) >= 11 is 0. The van der Waals surface area contributed by atoms with Crippen molar-refractivity contribution in [3.05, 3.63) is 35.9 Å². The van der Waals surface area contributed by atoms with Crippen LogP contribution >= 0.6 is 0 Å². The van der Waals surface area contributed by atoms with Gasteiger partial charge in [-0.2, -0.15) is 0 Å². The minimum absolute atomic E-state index is 0.109. The Morgan fingerprint density at radius 1 is 1.30 bits per heavy atom. The normalized spacial score (nSPS) is 35.6. The van der Waals surface area contributed by atoms with Crippen LogP contribution in [0, 0.1) is 5.41 Å². The van der Waals surface area contributed by atoms with E-state index in [1.807, 2.05) is 30.3 Å². The van der Waals surface area contributed by atoms with Gasteiger partial charge in [0.15, 0.2) is 0 Å². The summed E-state index contributed by atoms with van der Waals surface area (Å²) in [5.74, 6) is -0.109. The van der Waals surface area contributed by atoms with E-state index in [2.05, 4.69) is 6.92 Å². The molecule has 4 rings (SSSR count). The van der Waals surface area contributed by atoms with Gasteiger partial charge in [0.2, 0.25) is 5.91 Å². The molecule has 1 aromatic rings. The Labute approximate surface area is 135 Å². The molecule has 23 heavy (non-hydrogen) atoms. The smallest absolute Gasteiger partial charge is 0.417 e. The predicted octanol–water partition coefficient (Wildman–Crippen LogP) is 2.54. The van der Waals surface area contributed by atoms with Crippen molar-refractivity contribution in [3.8, 4) is 0 Å². The lowest BCUT2D eigenvalue weighted by Crippen LogP contribution is -2.48. The highest BCUT2D eigenvalue weighted by molar-refractivity contribution is 5.97. The first-order valence-electron chi connectivity index (χ1n) is 8.20. The average Bonchev–Trinajstić information content (AvgIpc) is 3.19. The van der Waals surface area contributed by atoms with Crippen molar-refractivity contribution in [1.82, 2.24) is 4.90 Å². The third-order valence-electron chi connectivity index (χ3n) is 5.49. The molecule has 0 unspecified atom stereocenters. The summed E-state index contributed by atoms with van der Waals surface area (Å²) in [5.41, 5.74) is 0.367. The molecule has 0 N–H and O–H groups in total. The van der Waals surface area contributed by atoms with Crippen molar-refractivity contribution in [2.75, 3.05) is 13.2 Å². The van der Waals surface area contributed by atoms with Gasteiger partial charge in [0, 0.05) is 0 Å². The summed E-state index contributed by atoms with van der Waals surface area (Å²) in [6.45, 7) is 2.75. The fraction of sp³-hybridized carbons (Fsp3) is 0.556. The highest BCUT2D eigenvalue weighted by Gasteiger charge is 2.60. The molecule has 2 bridgehead atoms. The van der Waals surface area contributed by atoms with E-state index in [1.54, 1.807) is 0 Å². The summed E-state index contributed by atoms with van der Waals surface area (Å²) in [6, 6.07) is 9.68. The van der Waals surface area contributed by atoms with Crippen LogP contribution in [0.5, 0.6) is 0 Å². The first-order chi connectivity index (χ1) is 11.0. The van der Waals surface area contributed by atoms with Gasteiger partial charge in [-0.1, -0.05) is 30.3 Å². The Kier molecular flexibility index (Phi) is 3.23. The Morgan fingerprint density at radius 3 is 2.70 bits per heavy atom. The molecule has 5 heteroatoms. The molecule has 1 aromatic carbocycles. The van der Waals surface area contributed by atoms with Crippen molar-refractivity contribution in [3.63, 3.8) is 0 Å². The van der Waals surface area contributed by atoms with Crippen LogP contribution in [0.3, 0.4) is 0 Å². The lowest BCUT2D eigenvalue weighted by atomic mass is 9.85. The van der Waals surface area contributed by atoms with Crippen molar-refractivity contribution in [2.45, 2.75) is 44.2 Å². The van der Waals surface area contributed by atoms with Crippen molar-refractivity contribution in [1.29, 1.82) is 0 Å². The summed E-state index contributed by atoms with van der Waals surface area (Å²) in [4.78, 5) is 26.6. The Hall–Kier alpha value is -1.88. The Balaban J connectivity index is 1.56. The lowest BCUT2D eigenvalue weighted by Gasteiger charge is -2.30. The second kappa shape index (κ2) is 5.06.